The minimum Gasteiger partial charge on any atom is -0.507 e. The number of aromatic nitrogens is 2. The Balaban J connectivity index is 1.91. The van der Waals surface area contributed by atoms with Crippen LogP contribution in [0.3, 0.4) is 0 Å². The Morgan fingerprint density at radius 2 is 1.81 bits per heavy atom. The van der Waals surface area contributed by atoms with Gasteiger partial charge in [0.25, 0.3) is 0 Å². The molecule has 134 valence electrons. The van der Waals surface area contributed by atoms with Gasteiger partial charge in [-0.25, -0.2) is 9.97 Å². The van der Waals surface area contributed by atoms with Gasteiger partial charge in [-0.15, -0.1) is 0 Å². The molecule has 4 N–H and O–H groups in total. The number of benzene rings is 2. The van der Waals surface area contributed by atoms with Crippen LogP contribution < -0.4 is 11.1 Å². The predicted octanol–water partition coefficient (Wildman–Crippen LogP) is 3.97. The second kappa shape index (κ2) is 7.97. The number of nitrogens with one attached hydrogen (secondary N) is 1. The SMILES string of the molecule is CC[C@@H](N)CNc1ccnc(-c2cc(-c3ccc(C)cc3)ccc2O)n1. The van der Waals surface area contributed by atoms with Crippen LogP contribution in [0.4, 0.5) is 5.82 Å². The molecular formula is C21H24N4O. The number of nitrogens with two attached hydrogens (primary N) is 1. The summed E-state index contributed by atoms with van der Waals surface area (Å²) in [5, 5.41) is 13.5. The van der Waals surface area contributed by atoms with E-state index in [-0.39, 0.29) is 11.8 Å². The summed E-state index contributed by atoms with van der Waals surface area (Å²) in [5.41, 5.74) is 9.85. The fourth-order valence-electron chi connectivity index (χ4n) is 2.61. The normalized spacial score (nSPS) is 12.0. The fourth-order valence-corrected chi connectivity index (χ4v) is 2.61. The van der Waals surface area contributed by atoms with E-state index in [0.29, 0.717) is 23.8 Å². The summed E-state index contributed by atoms with van der Waals surface area (Å²) in [4.78, 5) is 8.85. The molecule has 1 atom stereocenters. The molecule has 0 saturated carbocycles. The van der Waals surface area contributed by atoms with Gasteiger partial charge in [-0.3, -0.25) is 0 Å². The highest BCUT2D eigenvalue weighted by Crippen LogP contribution is 2.32. The number of hydrogen-bond acceptors (Lipinski definition) is 5. The summed E-state index contributed by atoms with van der Waals surface area (Å²) in [6.45, 7) is 4.75. The summed E-state index contributed by atoms with van der Waals surface area (Å²) < 4.78 is 0. The lowest BCUT2D eigenvalue weighted by molar-refractivity contribution is 0.477. The van der Waals surface area contributed by atoms with Crippen LogP contribution in [-0.4, -0.2) is 27.7 Å². The van der Waals surface area contributed by atoms with E-state index < -0.39 is 0 Å². The maximum Gasteiger partial charge on any atom is 0.165 e. The molecule has 0 aliphatic rings. The first-order valence-electron chi connectivity index (χ1n) is 8.79. The van der Waals surface area contributed by atoms with Gasteiger partial charge in [0.15, 0.2) is 5.82 Å². The third kappa shape index (κ3) is 4.18. The van der Waals surface area contributed by atoms with Crippen LogP contribution in [0.5, 0.6) is 5.75 Å². The number of phenolic OH excluding ortho intramolecular Hbond substituents is 1. The molecule has 0 unspecified atom stereocenters. The molecule has 0 aliphatic carbocycles. The molecule has 2 aromatic carbocycles. The molecule has 0 spiro atoms. The molecule has 3 aromatic rings. The smallest absolute Gasteiger partial charge is 0.165 e. The van der Waals surface area contributed by atoms with Crippen molar-refractivity contribution in [2.45, 2.75) is 26.3 Å². The second-order valence-electron chi connectivity index (χ2n) is 6.41. The van der Waals surface area contributed by atoms with Crippen LogP contribution >= 0.6 is 0 Å². The minimum absolute atomic E-state index is 0.0756. The Bertz CT molecular complexity index is 877. The van der Waals surface area contributed by atoms with Crippen molar-refractivity contribution in [2.75, 3.05) is 11.9 Å². The van der Waals surface area contributed by atoms with Crippen LogP contribution in [0.1, 0.15) is 18.9 Å². The molecule has 1 heterocycles. The minimum atomic E-state index is 0.0756. The van der Waals surface area contributed by atoms with E-state index in [2.05, 4.69) is 46.5 Å². The maximum atomic E-state index is 10.3. The highest BCUT2D eigenvalue weighted by molar-refractivity contribution is 5.74. The largest absolute Gasteiger partial charge is 0.507 e. The van der Waals surface area contributed by atoms with Gasteiger partial charge in [0, 0.05) is 18.8 Å². The van der Waals surface area contributed by atoms with Crippen molar-refractivity contribution in [1.29, 1.82) is 0 Å². The summed E-state index contributed by atoms with van der Waals surface area (Å²) in [6.07, 6.45) is 2.57. The molecule has 5 nitrogen and oxygen atoms in total. The number of aryl methyl sites for hydroxylation is 1. The molecule has 0 aliphatic heterocycles. The van der Waals surface area contributed by atoms with Crippen molar-refractivity contribution in [3.05, 3.63) is 60.3 Å². The summed E-state index contributed by atoms with van der Waals surface area (Å²) in [5.74, 6) is 1.33. The Kier molecular flexibility index (Phi) is 5.49. The van der Waals surface area contributed by atoms with E-state index in [4.69, 9.17) is 5.73 Å². The molecule has 0 radical (unpaired) electrons. The van der Waals surface area contributed by atoms with Gasteiger partial charge in [0.05, 0.1) is 5.56 Å². The van der Waals surface area contributed by atoms with Crippen LogP contribution in [-0.2, 0) is 0 Å². The molecule has 0 fully saturated rings. The van der Waals surface area contributed by atoms with Gasteiger partial charge >= 0.3 is 0 Å². The third-order valence-corrected chi connectivity index (χ3v) is 4.35. The summed E-state index contributed by atoms with van der Waals surface area (Å²) in [6, 6.07) is 15.6. The van der Waals surface area contributed by atoms with Crippen LogP contribution in [0, 0.1) is 6.92 Å². The van der Waals surface area contributed by atoms with Crippen LogP contribution in [0.2, 0.25) is 0 Å². The molecule has 5 heteroatoms. The zero-order chi connectivity index (χ0) is 18.5. The topological polar surface area (TPSA) is 84.1 Å². The van der Waals surface area contributed by atoms with Crippen LogP contribution in [0.15, 0.2) is 54.7 Å². The van der Waals surface area contributed by atoms with Crippen LogP contribution in [0.25, 0.3) is 22.5 Å². The van der Waals surface area contributed by atoms with Gasteiger partial charge in [-0.2, -0.15) is 0 Å². The van der Waals surface area contributed by atoms with Crippen molar-refractivity contribution in [3.8, 4) is 28.3 Å². The van der Waals surface area contributed by atoms with Crippen molar-refractivity contribution >= 4 is 5.82 Å². The van der Waals surface area contributed by atoms with Crippen molar-refractivity contribution < 1.29 is 5.11 Å². The number of aromatic hydroxyl groups is 1. The number of nitrogens with zero attached hydrogens (tertiary/aromatic N) is 2. The number of hydrogen-bond donors (Lipinski definition) is 3. The van der Waals surface area contributed by atoms with E-state index in [1.807, 2.05) is 19.1 Å². The highest BCUT2D eigenvalue weighted by atomic mass is 16.3. The fraction of sp³-hybridized carbons (Fsp3) is 0.238. The van der Waals surface area contributed by atoms with Gasteiger partial charge in [-0.05, 0) is 42.7 Å². The first kappa shape index (κ1) is 17.9. The van der Waals surface area contributed by atoms with Crippen molar-refractivity contribution in [1.82, 2.24) is 9.97 Å². The Morgan fingerprint density at radius 1 is 1.08 bits per heavy atom. The van der Waals surface area contributed by atoms with E-state index >= 15 is 0 Å². The lowest BCUT2D eigenvalue weighted by Crippen LogP contribution is -2.28. The molecule has 0 amide bonds. The van der Waals surface area contributed by atoms with Crippen molar-refractivity contribution in [2.24, 2.45) is 5.73 Å². The zero-order valence-electron chi connectivity index (χ0n) is 15.1. The number of phenols is 1. The van der Waals surface area contributed by atoms with E-state index in [9.17, 15) is 5.11 Å². The standard InChI is InChI=1S/C21H24N4O/c1-3-17(22)13-24-20-10-11-23-21(25-20)18-12-16(8-9-19(18)26)15-6-4-14(2)5-7-15/h4-12,17,26H,3,13,22H2,1-2H3,(H,23,24,25)/t17-/m1/s1. The lowest BCUT2D eigenvalue weighted by atomic mass is 10.0. The maximum absolute atomic E-state index is 10.3. The van der Waals surface area contributed by atoms with E-state index in [1.54, 1.807) is 18.3 Å². The zero-order valence-corrected chi connectivity index (χ0v) is 15.1. The second-order valence-corrected chi connectivity index (χ2v) is 6.41. The predicted molar refractivity (Wildman–Crippen MR) is 106 cm³/mol. The lowest BCUT2D eigenvalue weighted by Gasteiger charge is -2.12. The van der Waals surface area contributed by atoms with Gasteiger partial charge < -0.3 is 16.2 Å². The van der Waals surface area contributed by atoms with Gasteiger partial charge in [0.2, 0.25) is 0 Å². The van der Waals surface area contributed by atoms with Gasteiger partial charge in [-0.1, -0.05) is 42.8 Å². The molecular weight excluding hydrogens is 324 g/mol. The average Bonchev–Trinajstić information content (AvgIpc) is 2.67. The average molecular weight is 348 g/mol. The van der Waals surface area contributed by atoms with E-state index in [1.165, 1.54) is 5.56 Å². The molecule has 3 rings (SSSR count). The summed E-state index contributed by atoms with van der Waals surface area (Å²) >= 11 is 0. The quantitative estimate of drug-likeness (QED) is 0.628. The Hall–Kier alpha value is -2.92. The number of anilines is 1. The number of rotatable bonds is 6. The first-order chi connectivity index (χ1) is 12.6. The molecule has 0 saturated heterocycles. The molecule has 1 aromatic heterocycles. The van der Waals surface area contributed by atoms with Crippen molar-refractivity contribution in [3.63, 3.8) is 0 Å². The molecule has 0 bridgehead atoms. The highest BCUT2D eigenvalue weighted by Gasteiger charge is 2.11. The Morgan fingerprint density at radius 3 is 2.54 bits per heavy atom. The summed E-state index contributed by atoms with van der Waals surface area (Å²) in [7, 11) is 0. The van der Waals surface area contributed by atoms with E-state index in [0.717, 1.165) is 17.5 Å². The molecule has 26 heavy (non-hydrogen) atoms. The first-order valence-corrected chi connectivity index (χ1v) is 8.79. The third-order valence-electron chi connectivity index (χ3n) is 4.35. The monoisotopic (exact) mass is 348 g/mol. The Labute approximate surface area is 153 Å². The van der Waals surface area contributed by atoms with Gasteiger partial charge in [0.1, 0.15) is 11.6 Å².